The summed E-state index contributed by atoms with van der Waals surface area (Å²) in [5, 5.41) is 0.749. The zero-order valence-corrected chi connectivity index (χ0v) is 22.8. The van der Waals surface area contributed by atoms with Crippen molar-refractivity contribution >= 4 is 32.3 Å². The van der Waals surface area contributed by atoms with Crippen molar-refractivity contribution in [2.45, 2.75) is 11.4 Å². The first-order valence-corrected chi connectivity index (χ1v) is 14.1. The van der Waals surface area contributed by atoms with Crippen LogP contribution >= 0.6 is 0 Å². The lowest BCUT2D eigenvalue weighted by Gasteiger charge is -2.37. The molecule has 0 spiro atoms. The average Bonchev–Trinajstić information content (AvgIpc) is 2.97. The first kappa shape index (κ1) is 26.5. The van der Waals surface area contributed by atoms with Crippen molar-refractivity contribution in [3.63, 3.8) is 0 Å². The lowest BCUT2D eigenvalue weighted by molar-refractivity contribution is 0.167. The van der Waals surface area contributed by atoms with Crippen LogP contribution in [0.3, 0.4) is 0 Å². The summed E-state index contributed by atoms with van der Waals surface area (Å²) in [6.45, 7) is 8.45. The molecular formula is C29H31N5O4S. The Morgan fingerprint density at radius 1 is 0.949 bits per heavy atom. The topological polar surface area (TPSA) is 96.9 Å². The van der Waals surface area contributed by atoms with E-state index in [0.717, 1.165) is 54.9 Å². The van der Waals surface area contributed by atoms with Crippen molar-refractivity contribution in [2.24, 2.45) is 0 Å². The van der Waals surface area contributed by atoms with Crippen LogP contribution in [0.1, 0.15) is 11.1 Å². The number of nitrogens with zero attached hydrogens (tertiary/aromatic N) is 4. The van der Waals surface area contributed by atoms with Crippen LogP contribution in [0.5, 0.6) is 11.6 Å². The van der Waals surface area contributed by atoms with Crippen LogP contribution < -0.4 is 14.2 Å². The van der Waals surface area contributed by atoms with Crippen molar-refractivity contribution < 1.29 is 17.9 Å². The Balaban J connectivity index is 1.28. The zero-order valence-electron chi connectivity index (χ0n) is 22.0. The van der Waals surface area contributed by atoms with Gasteiger partial charge in [-0.2, -0.15) is 0 Å². The van der Waals surface area contributed by atoms with Gasteiger partial charge in [-0.25, -0.2) is 13.4 Å². The molecular weight excluding hydrogens is 514 g/mol. The van der Waals surface area contributed by atoms with Gasteiger partial charge in [-0.05, 0) is 30.3 Å². The van der Waals surface area contributed by atoms with Crippen LogP contribution in [0.4, 0.5) is 5.69 Å². The minimum absolute atomic E-state index is 0.109. The van der Waals surface area contributed by atoms with E-state index in [2.05, 4.69) is 31.1 Å². The maximum atomic E-state index is 13.3. The highest BCUT2D eigenvalue weighted by atomic mass is 32.2. The Morgan fingerprint density at radius 3 is 2.46 bits per heavy atom. The number of benzene rings is 2. The number of piperazine rings is 1. The van der Waals surface area contributed by atoms with Gasteiger partial charge in [0.05, 0.1) is 25.4 Å². The van der Waals surface area contributed by atoms with Crippen molar-refractivity contribution in [3.8, 4) is 11.6 Å². The first-order chi connectivity index (χ1) is 18.9. The fourth-order valence-electron chi connectivity index (χ4n) is 4.78. The van der Waals surface area contributed by atoms with Crippen molar-refractivity contribution in [1.82, 2.24) is 19.8 Å². The van der Waals surface area contributed by atoms with Gasteiger partial charge in [0.1, 0.15) is 10.6 Å². The lowest BCUT2D eigenvalue weighted by atomic mass is 10.1. The third-order valence-electron chi connectivity index (χ3n) is 6.86. The van der Waals surface area contributed by atoms with Crippen LogP contribution in [0, 0.1) is 0 Å². The molecule has 4 aromatic rings. The monoisotopic (exact) mass is 545 g/mol. The molecule has 0 atom stereocenters. The Hall–Kier alpha value is -4.15. The Kier molecular flexibility index (Phi) is 7.67. The highest BCUT2D eigenvalue weighted by Gasteiger charge is 2.23. The number of anilines is 1. The fourth-order valence-corrected chi connectivity index (χ4v) is 6.03. The molecule has 1 aliphatic heterocycles. The van der Waals surface area contributed by atoms with Crippen molar-refractivity contribution in [2.75, 3.05) is 45.1 Å². The molecule has 3 heterocycles. The number of sulfonamides is 1. The van der Waals surface area contributed by atoms with E-state index in [0.29, 0.717) is 22.8 Å². The van der Waals surface area contributed by atoms with E-state index < -0.39 is 10.0 Å². The molecule has 5 rings (SSSR count). The third-order valence-corrected chi connectivity index (χ3v) is 8.25. The minimum Gasteiger partial charge on any atom is -0.495 e. The molecule has 1 N–H and O–H groups in total. The molecule has 0 amide bonds. The molecule has 2 aromatic heterocycles. The number of ether oxygens (including phenoxy) is 2. The number of pyridine rings is 2. The predicted octanol–water partition coefficient (Wildman–Crippen LogP) is 4.24. The van der Waals surface area contributed by atoms with Crippen LogP contribution in [0.15, 0.2) is 84.5 Å². The molecule has 0 saturated carbocycles. The van der Waals surface area contributed by atoms with E-state index in [4.69, 9.17) is 9.47 Å². The van der Waals surface area contributed by atoms with Crippen LogP contribution in [0.2, 0.25) is 0 Å². The van der Waals surface area contributed by atoms with Gasteiger partial charge < -0.3 is 14.4 Å². The summed E-state index contributed by atoms with van der Waals surface area (Å²) >= 11 is 0. The molecule has 0 bridgehead atoms. The zero-order chi connectivity index (χ0) is 27.4. The molecule has 39 heavy (non-hydrogen) atoms. The molecule has 9 nitrogen and oxygen atoms in total. The Labute approximate surface area is 228 Å². The summed E-state index contributed by atoms with van der Waals surface area (Å²) in [4.78, 5) is 13.3. The second-order valence-electron chi connectivity index (χ2n) is 9.23. The first-order valence-electron chi connectivity index (χ1n) is 12.6. The maximum Gasteiger partial charge on any atom is 0.264 e. The standard InChI is InChI=1S/C29H31N5O4S/c1-21(34-17-15-33(16-18-34)20-24-9-6-14-31-29(24)38-3)23-11-12-25(26(19-23)37-2)32-39(35,36)27-10-4-7-22-8-5-13-30-28(22)27/h4-14,19,32H,1,15-18,20H2,2-3H3. The van der Waals surface area contributed by atoms with E-state index in [1.807, 2.05) is 36.4 Å². The van der Waals surface area contributed by atoms with Gasteiger partial charge in [0.2, 0.25) is 5.88 Å². The second-order valence-corrected chi connectivity index (χ2v) is 10.9. The molecule has 1 saturated heterocycles. The van der Waals surface area contributed by atoms with Gasteiger partial charge in [-0.1, -0.05) is 36.9 Å². The smallest absolute Gasteiger partial charge is 0.264 e. The summed E-state index contributed by atoms with van der Waals surface area (Å²) in [6.07, 6.45) is 3.31. The molecule has 0 unspecified atom stereocenters. The Morgan fingerprint density at radius 2 is 1.69 bits per heavy atom. The van der Waals surface area contributed by atoms with Crippen molar-refractivity contribution in [3.05, 3.63) is 90.8 Å². The number of hydrogen-bond acceptors (Lipinski definition) is 8. The quantitative estimate of drug-likeness (QED) is 0.334. The molecule has 0 aliphatic carbocycles. The highest BCUT2D eigenvalue weighted by molar-refractivity contribution is 7.93. The van der Waals surface area contributed by atoms with E-state index in [9.17, 15) is 8.42 Å². The predicted molar refractivity (Wildman–Crippen MR) is 152 cm³/mol. The largest absolute Gasteiger partial charge is 0.495 e. The van der Waals surface area contributed by atoms with E-state index in [-0.39, 0.29) is 4.90 Å². The molecule has 1 fully saturated rings. The van der Waals surface area contributed by atoms with Crippen LogP contribution in [-0.2, 0) is 16.6 Å². The van der Waals surface area contributed by atoms with Crippen LogP contribution in [-0.4, -0.2) is 68.6 Å². The lowest BCUT2D eigenvalue weighted by Crippen LogP contribution is -2.44. The third kappa shape index (κ3) is 5.67. The fraction of sp³-hybridized carbons (Fsp3) is 0.241. The van der Waals surface area contributed by atoms with Gasteiger partial charge in [0.15, 0.2) is 0 Å². The van der Waals surface area contributed by atoms with Gasteiger partial charge >= 0.3 is 0 Å². The number of para-hydroxylation sites is 1. The summed E-state index contributed by atoms with van der Waals surface area (Å²) in [7, 11) is -0.751. The molecule has 2 aromatic carbocycles. The number of methoxy groups -OCH3 is 2. The molecule has 0 radical (unpaired) electrons. The van der Waals surface area contributed by atoms with E-state index >= 15 is 0 Å². The molecule has 202 valence electrons. The van der Waals surface area contributed by atoms with E-state index in [1.54, 1.807) is 43.8 Å². The number of rotatable bonds is 9. The van der Waals surface area contributed by atoms with Crippen molar-refractivity contribution in [1.29, 1.82) is 0 Å². The minimum atomic E-state index is -3.91. The highest BCUT2D eigenvalue weighted by Crippen LogP contribution is 2.32. The van der Waals surface area contributed by atoms with E-state index in [1.165, 1.54) is 7.11 Å². The number of aromatic nitrogens is 2. The second kappa shape index (κ2) is 11.3. The maximum absolute atomic E-state index is 13.3. The Bertz CT molecular complexity index is 1600. The number of nitrogens with one attached hydrogen (secondary N) is 1. The average molecular weight is 546 g/mol. The summed E-state index contributed by atoms with van der Waals surface area (Å²) in [6, 6.07) is 18.0. The summed E-state index contributed by atoms with van der Waals surface area (Å²) in [5.41, 5.74) is 3.55. The normalized spacial score (nSPS) is 14.3. The summed E-state index contributed by atoms with van der Waals surface area (Å²) < 4.78 is 40.2. The SMILES string of the molecule is C=C(c1ccc(NS(=O)(=O)c2cccc3cccnc23)c(OC)c1)N1CCN(Cc2cccnc2OC)CC1. The van der Waals surface area contributed by atoms with Gasteiger partial charge in [0.25, 0.3) is 10.0 Å². The van der Waals surface area contributed by atoms with Gasteiger partial charge in [0, 0.05) is 67.3 Å². The molecule has 1 aliphatic rings. The molecule has 10 heteroatoms. The van der Waals surface area contributed by atoms with Gasteiger partial charge in [-0.3, -0.25) is 14.6 Å². The number of hydrogen-bond donors (Lipinski definition) is 1. The van der Waals surface area contributed by atoms with Gasteiger partial charge in [-0.15, -0.1) is 0 Å². The summed E-state index contributed by atoms with van der Waals surface area (Å²) in [5.74, 6) is 1.07. The van der Waals surface area contributed by atoms with Crippen LogP contribution in [0.25, 0.3) is 16.6 Å². The number of fused-ring (bicyclic) bond motifs is 1.